The zero-order valence-electron chi connectivity index (χ0n) is 7.22. The average Bonchev–Trinajstić information content (AvgIpc) is 1.96. The van der Waals surface area contributed by atoms with Gasteiger partial charge in [-0.2, -0.15) is 0 Å². The van der Waals surface area contributed by atoms with Crippen molar-refractivity contribution in [2.45, 2.75) is 26.7 Å². The summed E-state index contributed by atoms with van der Waals surface area (Å²) in [6.07, 6.45) is 10.7. The Labute approximate surface area is 68.6 Å². The van der Waals surface area contributed by atoms with Crippen LogP contribution in [-0.4, -0.2) is 0 Å². The van der Waals surface area contributed by atoms with E-state index < -0.39 is 0 Å². The Morgan fingerprint density at radius 2 is 2.18 bits per heavy atom. The van der Waals surface area contributed by atoms with Crippen molar-refractivity contribution in [3.05, 3.63) is 41.2 Å². The minimum absolute atomic E-state index is 1.06. The van der Waals surface area contributed by atoms with Crippen LogP contribution < -0.4 is 0 Å². The van der Waals surface area contributed by atoms with Gasteiger partial charge < -0.3 is 0 Å². The van der Waals surface area contributed by atoms with Gasteiger partial charge in [0, 0.05) is 0 Å². The van der Waals surface area contributed by atoms with E-state index in [2.05, 4.69) is 37.8 Å². The lowest BCUT2D eigenvalue weighted by Gasteiger charge is -1.96. The Morgan fingerprint density at radius 1 is 1.36 bits per heavy atom. The van der Waals surface area contributed by atoms with Crippen molar-refractivity contribution in [3.8, 4) is 0 Å². The maximum Gasteiger partial charge on any atom is -0.0157 e. The minimum atomic E-state index is 1.06. The van der Waals surface area contributed by atoms with Crippen LogP contribution >= 0.6 is 0 Å². The average molecular weight is 146 g/mol. The van der Waals surface area contributed by atoms with Gasteiger partial charge in [-0.1, -0.05) is 19.1 Å². The minimum Gasteiger partial charge on any atom is -0.120 e. The maximum atomic E-state index is 3.15. The molecular weight excluding hydrogens is 132 g/mol. The van der Waals surface area contributed by atoms with Gasteiger partial charge in [0.05, 0.1) is 0 Å². The molecule has 0 bridgehead atoms. The summed E-state index contributed by atoms with van der Waals surface area (Å²) in [5.74, 6) is 0. The molecule has 0 atom stereocenters. The molecule has 0 aromatic heterocycles. The molecule has 0 aromatic rings. The molecule has 1 aliphatic carbocycles. The second-order valence-corrected chi connectivity index (χ2v) is 2.77. The molecule has 0 heteroatoms. The van der Waals surface area contributed by atoms with Gasteiger partial charge in [0.25, 0.3) is 0 Å². The van der Waals surface area contributed by atoms with Crippen molar-refractivity contribution in [2.75, 3.05) is 0 Å². The van der Waals surface area contributed by atoms with E-state index in [9.17, 15) is 0 Å². The van der Waals surface area contributed by atoms with E-state index in [0.29, 0.717) is 0 Å². The molecule has 0 aliphatic heterocycles. The quantitative estimate of drug-likeness (QED) is 0.497. The molecule has 0 spiro atoms. The summed E-state index contributed by atoms with van der Waals surface area (Å²) in [4.78, 5) is 0. The standard InChI is InChI=1S/C11H14/c1-3-11-8-4-6-10(2)7-5-9-11/h6-9H,3-4H2,1-2H3/b10-6-,11-8-. The fourth-order valence-electron chi connectivity index (χ4n) is 1.04. The molecule has 0 saturated carbocycles. The van der Waals surface area contributed by atoms with E-state index in [1.807, 2.05) is 6.08 Å². The van der Waals surface area contributed by atoms with Gasteiger partial charge in [-0.15, -0.1) is 5.73 Å². The molecule has 0 aromatic carbocycles. The van der Waals surface area contributed by atoms with Crippen LogP contribution in [0.5, 0.6) is 0 Å². The Kier molecular flexibility index (Phi) is 2.95. The molecule has 0 radical (unpaired) electrons. The third-order valence-corrected chi connectivity index (χ3v) is 1.81. The normalized spacial score (nSPS) is 26.4. The molecule has 0 nitrogen and oxygen atoms in total. The number of hydrogen-bond donors (Lipinski definition) is 0. The van der Waals surface area contributed by atoms with Crippen LogP contribution in [-0.2, 0) is 0 Å². The van der Waals surface area contributed by atoms with Crippen molar-refractivity contribution in [2.24, 2.45) is 0 Å². The van der Waals surface area contributed by atoms with Crippen LogP contribution in [0.25, 0.3) is 0 Å². The summed E-state index contributed by atoms with van der Waals surface area (Å²) >= 11 is 0. The third kappa shape index (κ3) is 2.61. The highest BCUT2D eigenvalue weighted by Crippen LogP contribution is 2.08. The first-order valence-corrected chi connectivity index (χ1v) is 4.11. The van der Waals surface area contributed by atoms with E-state index in [0.717, 1.165) is 12.8 Å². The maximum absolute atomic E-state index is 3.15. The van der Waals surface area contributed by atoms with Crippen LogP contribution in [0.15, 0.2) is 41.2 Å². The lowest BCUT2D eigenvalue weighted by molar-refractivity contribution is 1.12. The second-order valence-electron chi connectivity index (χ2n) is 2.77. The zero-order chi connectivity index (χ0) is 8.10. The fourth-order valence-corrected chi connectivity index (χ4v) is 1.04. The molecule has 0 fully saturated rings. The first kappa shape index (κ1) is 8.10. The topological polar surface area (TPSA) is 0 Å². The highest BCUT2D eigenvalue weighted by molar-refractivity contribution is 5.26. The van der Waals surface area contributed by atoms with E-state index in [1.165, 1.54) is 11.1 Å². The summed E-state index contributed by atoms with van der Waals surface area (Å²) in [7, 11) is 0. The molecular formula is C11H14. The lowest BCUT2D eigenvalue weighted by atomic mass is 10.1. The Hall–Kier alpha value is -1.00. The highest BCUT2D eigenvalue weighted by atomic mass is 13.9. The highest BCUT2D eigenvalue weighted by Gasteiger charge is 1.88. The first-order valence-electron chi connectivity index (χ1n) is 4.11. The van der Waals surface area contributed by atoms with Crippen LogP contribution in [0.4, 0.5) is 0 Å². The van der Waals surface area contributed by atoms with Gasteiger partial charge in [0.1, 0.15) is 0 Å². The second kappa shape index (κ2) is 4.00. The molecule has 0 unspecified atom stereocenters. The van der Waals surface area contributed by atoms with Gasteiger partial charge in [-0.25, -0.2) is 0 Å². The smallest absolute Gasteiger partial charge is 0.0157 e. The molecule has 0 amide bonds. The Bertz CT molecular complexity index is 245. The summed E-state index contributed by atoms with van der Waals surface area (Å²) in [5, 5.41) is 0. The van der Waals surface area contributed by atoms with E-state index in [-0.39, 0.29) is 0 Å². The van der Waals surface area contributed by atoms with Crippen LogP contribution in [0.3, 0.4) is 0 Å². The molecule has 0 heterocycles. The number of allylic oxidation sites excluding steroid dienone is 5. The predicted molar refractivity (Wildman–Crippen MR) is 49.4 cm³/mol. The van der Waals surface area contributed by atoms with Crippen LogP contribution in [0.2, 0.25) is 0 Å². The predicted octanol–water partition coefficient (Wildman–Crippen LogP) is 3.38. The summed E-state index contributed by atoms with van der Waals surface area (Å²) in [5.41, 5.74) is 5.83. The Balaban J connectivity index is 2.82. The zero-order valence-corrected chi connectivity index (χ0v) is 7.22. The number of hydrogen-bond acceptors (Lipinski definition) is 0. The molecule has 1 aliphatic rings. The monoisotopic (exact) mass is 146 g/mol. The summed E-state index contributed by atoms with van der Waals surface area (Å²) in [6.45, 7) is 4.27. The van der Waals surface area contributed by atoms with Crippen molar-refractivity contribution < 1.29 is 0 Å². The molecule has 1 rings (SSSR count). The van der Waals surface area contributed by atoms with Gasteiger partial charge >= 0.3 is 0 Å². The van der Waals surface area contributed by atoms with Crippen LogP contribution in [0, 0.1) is 0 Å². The van der Waals surface area contributed by atoms with Crippen LogP contribution in [0.1, 0.15) is 26.7 Å². The lowest BCUT2D eigenvalue weighted by Crippen LogP contribution is -1.77. The molecule has 11 heavy (non-hydrogen) atoms. The van der Waals surface area contributed by atoms with Crippen molar-refractivity contribution in [1.29, 1.82) is 0 Å². The van der Waals surface area contributed by atoms with Crippen molar-refractivity contribution in [3.63, 3.8) is 0 Å². The van der Waals surface area contributed by atoms with Gasteiger partial charge in [-0.05, 0) is 43.1 Å². The van der Waals surface area contributed by atoms with Gasteiger partial charge in [-0.3, -0.25) is 0 Å². The Morgan fingerprint density at radius 3 is 2.91 bits per heavy atom. The third-order valence-electron chi connectivity index (χ3n) is 1.81. The largest absolute Gasteiger partial charge is 0.120 e. The van der Waals surface area contributed by atoms with E-state index >= 15 is 0 Å². The summed E-state index contributed by atoms with van der Waals surface area (Å²) < 4.78 is 0. The van der Waals surface area contributed by atoms with Gasteiger partial charge in [0.2, 0.25) is 0 Å². The first-order chi connectivity index (χ1) is 5.33. The molecule has 0 saturated heterocycles. The molecule has 0 N–H and O–H groups in total. The SMILES string of the molecule is CC/C1=C/C/C=C(/C)C=C=C1. The fraction of sp³-hybridized carbons (Fsp3) is 0.364. The molecule has 58 valence electrons. The van der Waals surface area contributed by atoms with E-state index in [4.69, 9.17) is 0 Å². The summed E-state index contributed by atoms with van der Waals surface area (Å²) in [6, 6.07) is 0. The van der Waals surface area contributed by atoms with Gasteiger partial charge in [0.15, 0.2) is 0 Å². The van der Waals surface area contributed by atoms with E-state index in [1.54, 1.807) is 0 Å². The van der Waals surface area contributed by atoms with Crippen molar-refractivity contribution >= 4 is 0 Å². The number of rotatable bonds is 1. The van der Waals surface area contributed by atoms with Crippen molar-refractivity contribution in [1.82, 2.24) is 0 Å².